The Kier molecular flexibility index (Phi) is 3.83. The first-order valence-corrected chi connectivity index (χ1v) is 5.15. The van der Waals surface area contributed by atoms with Crippen molar-refractivity contribution in [2.24, 2.45) is 5.92 Å². The van der Waals surface area contributed by atoms with Gasteiger partial charge in [0.1, 0.15) is 5.02 Å². The Hall–Kier alpha value is -0.680. The van der Waals surface area contributed by atoms with Crippen molar-refractivity contribution in [2.75, 3.05) is 5.75 Å². The highest BCUT2D eigenvalue weighted by molar-refractivity contribution is 7.80. The van der Waals surface area contributed by atoms with E-state index in [1.54, 1.807) is 0 Å². The number of halogens is 1. The molecule has 0 radical (unpaired) electrons. The molecule has 0 amide bonds. The summed E-state index contributed by atoms with van der Waals surface area (Å²) >= 11 is 9.70. The van der Waals surface area contributed by atoms with Crippen LogP contribution < -0.4 is 11.2 Å². The van der Waals surface area contributed by atoms with Crippen LogP contribution in [0, 0.1) is 5.92 Å². The minimum Gasteiger partial charge on any atom is -0.299 e. The van der Waals surface area contributed by atoms with Gasteiger partial charge in [0.2, 0.25) is 0 Å². The van der Waals surface area contributed by atoms with E-state index >= 15 is 0 Å². The van der Waals surface area contributed by atoms with E-state index in [0.29, 0.717) is 12.3 Å². The lowest BCUT2D eigenvalue weighted by Crippen LogP contribution is -2.31. The van der Waals surface area contributed by atoms with Gasteiger partial charge < -0.3 is 0 Å². The van der Waals surface area contributed by atoms with Crippen molar-refractivity contribution < 1.29 is 0 Å². The van der Waals surface area contributed by atoms with Gasteiger partial charge in [-0.1, -0.05) is 18.5 Å². The predicted octanol–water partition coefficient (Wildman–Crippen LogP) is 0.756. The van der Waals surface area contributed by atoms with E-state index in [1.165, 1.54) is 10.8 Å². The van der Waals surface area contributed by atoms with Gasteiger partial charge in [0, 0.05) is 12.7 Å². The Morgan fingerprint density at radius 3 is 2.86 bits per heavy atom. The quantitative estimate of drug-likeness (QED) is 0.759. The molecule has 0 bridgehead atoms. The van der Waals surface area contributed by atoms with Gasteiger partial charge in [-0.2, -0.15) is 12.6 Å². The molecule has 0 aromatic carbocycles. The van der Waals surface area contributed by atoms with Crippen molar-refractivity contribution in [3.8, 4) is 0 Å². The topological polar surface area (TPSA) is 54.9 Å². The molecule has 0 aliphatic heterocycles. The van der Waals surface area contributed by atoms with Crippen LogP contribution in [0.5, 0.6) is 0 Å². The molecule has 0 fully saturated rings. The van der Waals surface area contributed by atoms with Crippen LogP contribution in [0.4, 0.5) is 0 Å². The summed E-state index contributed by atoms with van der Waals surface area (Å²) in [5.74, 6) is 0.918. The number of nitrogens with zero attached hydrogens (tertiary/aromatic N) is 1. The molecule has 1 heterocycles. The molecule has 4 nitrogen and oxygen atoms in total. The fraction of sp³-hybridized carbons (Fsp3) is 0.500. The number of nitrogens with one attached hydrogen (secondary N) is 1. The lowest BCUT2D eigenvalue weighted by atomic mass is 10.2. The van der Waals surface area contributed by atoms with Gasteiger partial charge in [-0.25, -0.2) is 4.79 Å². The van der Waals surface area contributed by atoms with Crippen LogP contribution in [0.15, 0.2) is 15.8 Å². The molecule has 1 aromatic rings. The summed E-state index contributed by atoms with van der Waals surface area (Å²) in [6, 6.07) is 0. The maximum Gasteiger partial charge on any atom is 0.328 e. The maximum atomic E-state index is 11.3. The molecule has 0 saturated carbocycles. The molecule has 0 aliphatic rings. The van der Waals surface area contributed by atoms with Gasteiger partial charge >= 0.3 is 5.69 Å². The van der Waals surface area contributed by atoms with Crippen molar-refractivity contribution in [1.82, 2.24) is 9.55 Å². The van der Waals surface area contributed by atoms with Crippen LogP contribution in [-0.4, -0.2) is 15.3 Å². The number of rotatable bonds is 3. The second-order valence-corrected chi connectivity index (χ2v) is 3.95. The number of thiol groups is 1. The molecule has 0 aliphatic carbocycles. The summed E-state index contributed by atoms with van der Waals surface area (Å²) in [4.78, 5) is 24.3. The number of hydrogen-bond donors (Lipinski definition) is 2. The summed E-state index contributed by atoms with van der Waals surface area (Å²) in [5, 5.41) is 0.0240. The van der Waals surface area contributed by atoms with Crippen LogP contribution in [0.3, 0.4) is 0 Å². The Morgan fingerprint density at radius 2 is 2.29 bits per heavy atom. The average Bonchev–Trinajstić information content (AvgIpc) is 2.14. The number of hydrogen-bond acceptors (Lipinski definition) is 3. The summed E-state index contributed by atoms with van der Waals surface area (Å²) in [6.45, 7) is 2.46. The second-order valence-electron chi connectivity index (χ2n) is 3.18. The van der Waals surface area contributed by atoms with Crippen LogP contribution in [0.2, 0.25) is 5.02 Å². The van der Waals surface area contributed by atoms with Crippen molar-refractivity contribution in [1.29, 1.82) is 0 Å². The van der Waals surface area contributed by atoms with E-state index in [1.807, 2.05) is 6.92 Å². The SMILES string of the molecule is CC(CS)Cn1cc(Cl)c(=O)[nH]c1=O. The van der Waals surface area contributed by atoms with E-state index < -0.39 is 11.2 Å². The molecule has 1 rings (SSSR count). The molecular formula is C8H11ClN2O2S. The van der Waals surface area contributed by atoms with Gasteiger partial charge in [-0.3, -0.25) is 14.3 Å². The van der Waals surface area contributed by atoms with E-state index in [9.17, 15) is 9.59 Å². The number of aromatic nitrogens is 2. The van der Waals surface area contributed by atoms with Crippen LogP contribution in [-0.2, 0) is 6.54 Å². The normalized spacial score (nSPS) is 12.8. The van der Waals surface area contributed by atoms with Gasteiger partial charge in [0.15, 0.2) is 0 Å². The van der Waals surface area contributed by atoms with Gasteiger partial charge in [-0.05, 0) is 11.7 Å². The molecule has 6 heteroatoms. The van der Waals surface area contributed by atoms with Crippen molar-refractivity contribution >= 4 is 24.2 Å². The van der Waals surface area contributed by atoms with Crippen molar-refractivity contribution in [3.63, 3.8) is 0 Å². The standard InChI is InChI=1S/C8H11ClN2O2S/c1-5(4-14)2-11-3-6(9)7(12)10-8(11)13/h3,5,14H,2,4H2,1H3,(H,10,12,13). The minimum atomic E-state index is -0.550. The van der Waals surface area contributed by atoms with Gasteiger partial charge in [0.25, 0.3) is 5.56 Å². The molecule has 14 heavy (non-hydrogen) atoms. The smallest absolute Gasteiger partial charge is 0.299 e. The van der Waals surface area contributed by atoms with E-state index in [4.69, 9.17) is 11.6 Å². The highest BCUT2D eigenvalue weighted by atomic mass is 35.5. The van der Waals surface area contributed by atoms with Crippen LogP contribution >= 0.6 is 24.2 Å². The van der Waals surface area contributed by atoms with E-state index in [2.05, 4.69) is 17.6 Å². The Morgan fingerprint density at radius 1 is 1.64 bits per heavy atom. The largest absolute Gasteiger partial charge is 0.328 e. The van der Waals surface area contributed by atoms with Crippen LogP contribution in [0.1, 0.15) is 6.92 Å². The number of aromatic amines is 1. The zero-order chi connectivity index (χ0) is 10.7. The fourth-order valence-corrected chi connectivity index (χ4v) is 1.29. The lowest BCUT2D eigenvalue weighted by molar-refractivity contribution is 0.509. The Labute approximate surface area is 91.3 Å². The molecule has 1 N–H and O–H groups in total. The zero-order valence-electron chi connectivity index (χ0n) is 7.66. The van der Waals surface area contributed by atoms with Gasteiger partial charge in [-0.15, -0.1) is 0 Å². The van der Waals surface area contributed by atoms with Crippen LogP contribution in [0.25, 0.3) is 0 Å². The maximum absolute atomic E-state index is 11.3. The first-order chi connectivity index (χ1) is 6.54. The van der Waals surface area contributed by atoms with E-state index in [0.717, 1.165) is 0 Å². The average molecular weight is 235 g/mol. The fourth-order valence-electron chi connectivity index (χ4n) is 1.01. The number of H-pyrrole nitrogens is 1. The Balaban J connectivity index is 3.04. The summed E-state index contributed by atoms with van der Waals surface area (Å²) in [5.41, 5.74) is -0.987. The minimum absolute atomic E-state index is 0.0240. The molecule has 0 spiro atoms. The molecule has 1 aromatic heterocycles. The van der Waals surface area contributed by atoms with Gasteiger partial charge in [0.05, 0.1) is 0 Å². The third kappa shape index (κ3) is 2.65. The highest BCUT2D eigenvalue weighted by Crippen LogP contribution is 2.02. The monoisotopic (exact) mass is 234 g/mol. The lowest BCUT2D eigenvalue weighted by Gasteiger charge is -2.09. The molecule has 1 atom stereocenters. The third-order valence-electron chi connectivity index (χ3n) is 1.79. The predicted molar refractivity (Wildman–Crippen MR) is 59.3 cm³/mol. The summed E-state index contributed by atoms with van der Waals surface area (Å²) < 4.78 is 1.38. The van der Waals surface area contributed by atoms with Crippen molar-refractivity contribution in [3.05, 3.63) is 32.1 Å². The summed E-state index contributed by atoms with van der Waals surface area (Å²) in [6.07, 6.45) is 1.35. The summed E-state index contributed by atoms with van der Waals surface area (Å²) in [7, 11) is 0. The zero-order valence-corrected chi connectivity index (χ0v) is 9.31. The molecule has 1 unspecified atom stereocenters. The first kappa shape index (κ1) is 11.4. The van der Waals surface area contributed by atoms with Crippen molar-refractivity contribution in [2.45, 2.75) is 13.5 Å². The molecular weight excluding hydrogens is 224 g/mol. The Bertz CT molecular complexity index is 426. The van der Waals surface area contributed by atoms with E-state index in [-0.39, 0.29) is 10.9 Å². The second kappa shape index (κ2) is 4.70. The first-order valence-electron chi connectivity index (χ1n) is 4.14. The highest BCUT2D eigenvalue weighted by Gasteiger charge is 2.05. The third-order valence-corrected chi connectivity index (χ3v) is 2.68. The molecule has 0 saturated heterocycles. The molecule has 78 valence electrons.